The minimum absolute atomic E-state index is 0.0576. The summed E-state index contributed by atoms with van der Waals surface area (Å²) in [5, 5.41) is 1.94. The first-order valence-corrected chi connectivity index (χ1v) is 10.7. The summed E-state index contributed by atoms with van der Waals surface area (Å²) < 4.78 is 10.7. The van der Waals surface area contributed by atoms with E-state index in [-0.39, 0.29) is 5.91 Å². The van der Waals surface area contributed by atoms with Crippen molar-refractivity contribution in [1.82, 2.24) is 4.90 Å². The number of benzene rings is 2. The Hall–Kier alpha value is -2.99. The summed E-state index contributed by atoms with van der Waals surface area (Å²) in [6, 6.07) is 18.0. The van der Waals surface area contributed by atoms with Crippen molar-refractivity contribution in [2.75, 3.05) is 39.8 Å². The third-order valence-electron chi connectivity index (χ3n) is 4.96. The van der Waals surface area contributed by atoms with Crippen molar-refractivity contribution in [3.63, 3.8) is 0 Å². The van der Waals surface area contributed by atoms with Gasteiger partial charge in [-0.25, -0.2) is 0 Å². The molecule has 3 aromatic rings. The van der Waals surface area contributed by atoms with Crippen LogP contribution in [0.4, 0.5) is 5.69 Å². The maximum atomic E-state index is 13.1. The average Bonchev–Trinajstić information content (AvgIpc) is 3.31. The maximum absolute atomic E-state index is 13.1. The fourth-order valence-electron chi connectivity index (χ4n) is 3.23. The second kappa shape index (κ2) is 10.2. The highest BCUT2D eigenvalue weighted by Gasteiger charge is 2.17. The van der Waals surface area contributed by atoms with Crippen LogP contribution in [0.3, 0.4) is 0 Å². The lowest BCUT2D eigenvalue weighted by Gasteiger charge is -2.23. The van der Waals surface area contributed by atoms with Crippen LogP contribution >= 0.6 is 11.3 Å². The number of carbonyl (C=O) groups excluding carboxylic acids is 1. The number of amides is 1. The summed E-state index contributed by atoms with van der Waals surface area (Å²) in [4.78, 5) is 17.8. The molecule has 0 spiro atoms. The molecule has 30 heavy (non-hydrogen) atoms. The second-order valence-corrected chi connectivity index (χ2v) is 8.15. The number of carbonyl (C=O) groups is 1. The zero-order valence-corrected chi connectivity index (χ0v) is 18.7. The third kappa shape index (κ3) is 5.33. The molecule has 0 aliphatic carbocycles. The average molecular weight is 425 g/mol. The Balaban J connectivity index is 1.77. The zero-order chi connectivity index (χ0) is 21.5. The van der Waals surface area contributed by atoms with Gasteiger partial charge in [-0.1, -0.05) is 24.3 Å². The van der Waals surface area contributed by atoms with Crippen molar-refractivity contribution in [1.29, 1.82) is 0 Å². The summed E-state index contributed by atoms with van der Waals surface area (Å²) in [6.07, 6.45) is 0.729. The molecule has 0 saturated heterocycles. The molecule has 0 fully saturated rings. The normalized spacial score (nSPS) is 10.5. The molecular weight excluding hydrogens is 396 g/mol. The summed E-state index contributed by atoms with van der Waals surface area (Å²) in [5.74, 6) is 1.46. The number of hydrogen-bond donors (Lipinski definition) is 0. The predicted octanol–water partition coefficient (Wildman–Crippen LogP) is 4.72. The molecule has 0 unspecified atom stereocenters. The van der Waals surface area contributed by atoms with Gasteiger partial charge in [-0.3, -0.25) is 4.79 Å². The lowest BCUT2D eigenvalue weighted by atomic mass is 10.1. The lowest BCUT2D eigenvalue weighted by Crippen LogP contribution is -2.32. The molecule has 1 amide bonds. The Kier molecular flexibility index (Phi) is 7.36. The first kappa shape index (κ1) is 21.7. The van der Waals surface area contributed by atoms with Gasteiger partial charge >= 0.3 is 0 Å². The van der Waals surface area contributed by atoms with E-state index in [0.29, 0.717) is 24.6 Å². The van der Waals surface area contributed by atoms with Crippen molar-refractivity contribution in [3.8, 4) is 11.5 Å². The van der Waals surface area contributed by atoms with Gasteiger partial charge in [-0.05, 0) is 53.3 Å². The first-order valence-electron chi connectivity index (χ1n) is 9.81. The third-order valence-corrected chi connectivity index (χ3v) is 5.82. The van der Waals surface area contributed by atoms with Crippen LogP contribution in [0, 0.1) is 0 Å². The molecule has 1 heterocycles. The van der Waals surface area contributed by atoms with E-state index in [2.05, 4.69) is 29.2 Å². The standard InChI is InChI=1S/C24H28N2O3S/c1-25(2)20-10-7-19(8-11-20)17-26(24(27)23-6-5-15-30-23)14-13-18-9-12-21(28-3)22(16-18)29-4/h5-12,15-16H,13-14,17H2,1-4H3. The van der Waals surface area contributed by atoms with E-state index in [1.807, 2.05) is 54.7 Å². The van der Waals surface area contributed by atoms with Gasteiger partial charge in [0.05, 0.1) is 19.1 Å². The molecule has 0 atom stereocenters. The number of thiophene rings is 1. The fraction of sp³-hybridized carbons (Fsp3) is 0.292. The molecule has 0 radical (unpaired) electrons. The molecule has 0 saturated carbocycles. The van der Waals surface area contributed by atoms with E-state index in [1.54, 1.807) is 14.2 Å². The van der Waals surface area contributed by atoms with Gasteiger partial charge in [-0.2, -0.15) is 0 Å². The molecule has 6 heteroatoms. The SMILES string of the molecule is COc1ccc(CCN(Cc2ccc(N(C)C)cc2)C(=O)c2cccs2)cc1OC. The Morgan fingerprint density at radius 3 is 2.23 bits per heavy atom. The molecule has 0 aliphatic heterocycles. The Morgan fingerprint density at radius 1 is 0.933 bits per heavy atom. The van der Waals surface area contributed by atoms with Crippen LogP contribution in [-0.2, 0) is 13.0 Å². The van der Waals surface area contributed by atoms with Gasteiger partial charge in [0.2, 0.25) is 0 Å². The summed E-state index contributed by atoms with van der Waals surface area (Å²) >= 11 is 1.47. The Morgan fingerprint density at radius 2 is 1.63 bits per heavy atom. The zero-order valence-electron chi connectivity index (χ0n) is 17.9. The minimum Gasteiger partial charge on any atom is -0.493 e. The fourth-order valence-corrected chi connectivity index (χ4v) is 3.92. The molecular formula is C24H28N2O3S. The summed E-state index contributed by atoms with van der Waals surface area (Å²) in [6.45, 7) is 1.18. The monoisotopic (exact) mass is 424 g/mol. The minimum atomic E-state index is 0.0576. The molecule has 3 rings (SSSR count). The molecule has 0 aliphatic rings. The quantitative estimate of drug-likeness (QED) is 0.499. The van der Waals surface area contributed by atoms with E-state index in [4.69, 9.17) is 9.47 Å². The second-order valence-electron chi connectivity index (χ2n) is 7.20. The number of hydrogen-bond acceptors (Lipinski definition) is 5. The maximum Gasteiger partial charge on any atom is 0.264 e. The number of rotatable bonds is 9. The number of anilines is 1. The van der Waals surface area contributed by atoms with Gasteiger partial charge in [0.25, 0.3) is 5.91 Å². The number of methoxy groups -OCH3 is 2. The topological polar surface area (TPSA) is 42.0 Å². The largest absolute Gasteiger partial charge is 0.493 e. The van der Waals surface area contributed by atoms with Crippen molar-refractivity contribution in [3.05, 3.63) is 76.0 Å². The van der Waals surface area contributed by atoms with Gasteiger partial charge < -0.3 is 19.3 Å². The Labute approximate surface area is 182 Å². The van der Waals surface area contributed by atoms with Crippen LogP contribution in [0.25, 0.3) is 0 Å². The smallest absolute Gasteiger partial charge is 0.264 e. The predicted molar refractivity (Wildman–Crippen MR) is 123 cm³/mol. The van der Waals surface area contributed by atoms with E-state index >= 15 is 0 Å². The number of ether oxygens (including phenoxy) is 2. The highest BCUT2D eigenvalue weighted by Crippen LogP contribution is 2.28. The van der Waals surface area contributed by atoms with Crippen LogP contribution < -0.4 is 14.4 Å². The van der Waals surface area contributed by atoms with Crippen molar-refractivity contribution in [2.45, 2.75) is 13.0 Å². The van der Waals surface area contributed by atoms with Crippen LogP contribution in [0.1, 0.15) is 20.8 Å². The highest BCUT2D eigenvalue weighted by molar-refractivity contribution is 7.12. The Bertz CT molecular complexity index is 953. The van der Waals surface area contributed by atoms with Crippen LogP contribution in [0.2, 0.25) is 0 Å². The van der Waals surface area contributed by atoms with E-state index in [0.717, 1.165) is 28.1 Å². The molecule has 0 N–H and O–H groups in total. The molecule has 1 aromatic heterocycles. The number of nitrogens with zero attached hydrogens (tertiary/aromatic N) is 2. The van der Waals surface area contributed by atoms with E-state index < -0.39 is 0 Å². The summed E-state index contributed by atoms with van der Waals surface area (Å²) in [7, 11) is 7.29. The van der Waals surface area contributed by atoms with E-state index in [1.165, 1.54) is 11.3 Å². The molecule has 5 nitrogen and oxygen atoms in total. The van der Waals surface area contributed by atoms with Gasteiger partial charge in [0.1, 0.15) is 0 Å². The van der Waals surface area contributed by atoms with Gasteiger partial charge in [0.15, 0.2) is 11.5 Å². The van der Waals surface area contributed by atoms with Crippen LogP contribution in [0.5, 0.6) is 11.5 Å². The van der Waals surface area contributed by atoms with Crippen LogP contribution in [-0.4, -0.2) is 45.7 Å². The molecule has 158 valence electrons. The van der Waals surface area contributed by atoms with Crippen molar-refractivity contribution in [2.24, 2.45) is 0 Å². The van der Waals surface area contributed by atoms with E-state index in [9.17, 15) is 4.79 Å². The van der Waals surface area contributed by atoms with Crippen LogP contribution in [0.15, 0.2) is 60.0 Å². The first-order chi connectivity index (χ1) is 14.5. The molecule has 0 bridgehead atoms. The van der Waals surface area contributed by atoms with Gasteiger partial charge in [-0.15, -0.1) is 11.3 Å². The van der Waals surface area contributed by atoms with Gasteiger partial charge in [0, 0.05) is 32.9 Å². The lowest BCUT2D eigenvalue weighted by molar-refractivity contribution is 0.0750. The molecule has 2 aromatic carbocycles. The summed E-state index contributed by atoms with van der Waals surface area (Å²) in [5.41, 5.74) is 3.35. The van der Waals surface area contributed by atoms with Crippen molar-refractivity contribution < 1.29 is 14.3 Å². The van der Waals surface area contributed by atoms with Crippen molar-refractivity contribution >= 4 is 22.9 Å². The highest BCUT2D eigenvalue weighted by atomic mass is 32.1.